The van der Waals surface area contributed by atoms with E-state index >= 15 is 0 Å². The van der Waals surface area contributed by atoms with Crippen LogP contribution >= 0.6 is 0 Å². The van der Waals surface area contributed by atoms with Crippen molar-refractivity contribution in [2.24, 2.45) is 0 Å². The van der Waals surface area contributed by atoms with E-state index in [1.165, 1.54) is 5.56 Å². The Bertz CT molecular complexity index is 442. The summed E-state index contributed by atoms with van der Waals surface area (Å²) in [5.41, 5.74) is 1.40. The summed E-state index contributed by atoms with van der Waals surface area (Å²) in [4.78, 5) is 8.36. The van der Waals surface area contributed by atoms with Gasteiger partial charge in [0.25, 0.3) is 0 Å². The second-order valence-corrected chi connectivity index (χ2v) is 4.44. The van der Waals surface area contributed by atoms with Crippen LogP contribution in [-0.4, -0.2) is 16.5 Å². The van der Waals surface area contributed by atoms with Crippen molar-refractivity contribution >= 4 is 0 Å². The maximum absolute atomic E-state index is 4.18. The van der Waals surface area contributed by atoms with Crippen LogP contribution in [0.2, 0.25) is 0 Å². The van der Waals surface area contributed by atoms with Gasteiger partial charge in [0.15, 0.2) is 0 Å². The molecule has 1 unspecified atom stereocenters. The molecule has 94 valence electrons. The molecule has 0 fully saturated rings. The van der Waals surface area contributed by atoms with Crippen LogP contribution in [-0.2, 0) is 6.54 Å². The van der Waals surface area contributed by atoms with E-state index in [4.69, 9.17) is 0 Å². The third-order valence-corrected chi connectivity index (χ3v) is 3.03. The summed E-state index contributed by atoms with van der Waals surface area (Å²) in [5.74, 6) is 1.43. The van der Waals surface area contributed by atoms with Gasteiger partial charge in [0, 0.05) is 12.4 Å². The lowest BCUT2D eigenvalue weighted by Crippen LogP contribution is -2.18. The molecular formula is C15H19N3. The molecule has 0 aliphatic carbocycles. The number of aromatic nitrogens is 2. The molecular weight excluding hydrogens is 222 g/mol. The Balaban J connectivity index is 1.70. The standard InChI is InChI=1S/C15H19N3/c1-13(14-6-3-2-4-7-14)8-11-16-12-15-17-9-5-10-18-15/h2-7,9-10,13,16H,8,11-12H2,1H3. The molecule has 1 aromatic heterocycles. The van der Waals surface area contributed by atoms with Crippen LogP contribution in [0.5, 0.6) is 0 Å². The highest BCUT2D eigenvalue weighted by atomic mass is 14.9. The molecule has 0 spiro atoms. The quantitative estimate of drug-likeness (QED) is 0.790. The van der Waals surface area contributed by atoms with E-state index in [1.54, 1.807) is 12.4 Å². The van der Waals surface area contributed by atoms with Gasteiger partial charge in [-0.1, -0.05) is 37.3 Å². The zero-order chi connectivity index (χ0) is 12.6. The molecule has 18 heavy (non-hydrogen) atoms. The molecule has 0 amide bonds. The predicted molar refractivity (Wildman–Crippen MR) is 73.2 cm³/mol. The van der Waals surface area contributed by atoms with Crippen LogP contribution in [0.4, 0.5) is 0 Å². The highest BCUT2D eigenvalue weighted by Crippen LogP contribution is 2.17. The van der Waals surface area contributed by atoms with Crippen molar-refractivity contribution in [2.45, 2.75) is 25.8 Å². The maximum atomic E-state index is 4.18. The van der Waals surface area contributed by atoms with Gasteiger partial charge in [0.1, 0.15) is 5.82 Å². The maximum Gasteiger partial charge on any atom is 0.141 e. The van der Waals surface area contributed by atoms with Gasteiger partial charge in [-0.2, -0.15) is 0 Å². The van der Waals surface area contributed by atoms with Crippen molar-refractivity contribution in [3.05, 3.63) is 60.2 Å². The summed E-state index contributed by atoms with van der Waals surface area (Å²) in [7, 11) is 0. The smallest absolute Gasteiger partial charge is 0.141 e. The fourth-order valence-electron chi connectivity index (χ4n) is 1.89. The van der Waals surface area contributed by atoms with Crippen molar-refractivity contribution in [2.75, 3.05) is 6.54 Å². The largest absolute Gasteiger partial charge is 0.310 e. The third kappa shape index (κ3) is 3.93. The minimum absolute atomic E-state index is 0.579. The first-order chi connectivity index (χ1) is 8.86. The van der Waals surface area contributed by atoms with Crippen LogP contribution in [0, 0.1) is 0 Å². The Morgan fingerprint density at radius 3 is 2.50 bits per heavy atom. The van der Waals surface area contributed by atoms with Crippen molar-refractivity contribution in [3.8, 4) is 0 Å². The molecule has 0 aliphatic rings. The van der Waals surface area contributed by atoms with E-state index < -0.39 is 0 Å². The van der Waals surface area contributed by atoms with Gasteiger partial charge < -0.3 is 5.32 Å². The lowest BCUT2D eigenvalue weighted by Gasteiger charge is -2.12. The normalized spacial score (nSPS) is 12.3. The summed E-state index contributed by atoms with van der Waals surface area (Å²) >= 11 is 0. The van der Waals surface area contributed by atoms with Gasteiger partial charge in [-0.05, 0) is 30.5 Å². The molecule has 0 saturated carbocycles. The number of nitrogens with zero attached hydrogens (tertiary/aromatic N) is 2. The Morgan fingerprint density at radius 1 is 1.06 bits per heavy atom. The summed E-state index contributed by atoms with van der Waals surface area (Å²) in [6.07, 6.45) is 4.67. The first kappa shape index (κ1) is 12.7. The zero-order valence-electron chi connectivity index (χ0n) is 10.7. The van der Waals surface area contributed by atoms with Crippen LogP contribution in [0.25, 0.3) is 0 Å². The van der Waals surface area contributed by atoms with Crippen LogP contribution in [0.1, 0.15) is 30.7 Å². The molecule has 3 heteroatoms. The fourth-order valence-corrected chi connectivity index (χ4v) is 1.89. The molecule has 3 nitrogen and oxygen atoms in total. The van der Waals surface area contributed by atoms with Crippen LogP contribution in [0.3, 0.4) is 0 Å². The predicted octanol–water partition coefficient (Wildman–Crippen LogP) is 2.76. The Labute approximate surface area is 108 Å². The summed E-state index contributed by atoms with van der Waals surface area (Å²) in [6, 6.07) is 12.5. The van der Waals surface area contributed by atoms with Gasteiger partial charge in [-0.3, -0.25) is 0 Å². The van der Waals surface area contributed by atoms with Gasteiger partial charge in [-0.25, -0.2) is 9.97 Å². The lowest BCUT2D eigenvalue weighted by molar-refractivity contribution is 0.583. The Morgan fingerprint density at radius 2 is 1.78 bits per heavy atom. The highest BCUT2D eigenvalue weighted by Gasteiger charge is 2.04. The van der Waals surface area contributed by atoms with Crippen molar-refractivity contribution in [1.29, 1.82) is 0 Å². The summed E-state index contributed by atoms with van der Waals surface area (Å²) < 4.78 is 0. The van der Waals surface area contributed by atoms with Gasteiger partial charge >= 0.3 is 0 Å². The molecule has 1 N–H and O–H groups in total. The minimum atomic E-state index is 0.579. The fraction of sp³-hybridized carbons (Fsp3) is 0.333. The van der Waals surface area contributed by atoms with E-state index in [0.29, 0.717) is 5.92 Å². The van der Waals surface area contributed by atoms with E-state index in [0.717, 1.165) is 25.3 Å². The molecule has 2 aromatic rings. The van der Waals surface area contributed by atoms with E-state index in [9.17, 15) is 0 Å². The van der Waals surface area contributed by atoms with Gasteiger partial charge in [-0.15, -0.1) is 0 Å². The number of hydrogen-bond acceptors (Lipinski definition) is 3. The molecule has 1 heterocycles. The van der Waals surface area contributed by atoms with Crippen molar-refractivity contribution in [3.63, 3.8) is 0 Å². The number of nitrogens with one attached hydrogen (secondary N) is 1. The third-order valence-electron chi connectivity index (χ3n) is 3.03. The van der Waals surface area contributed by atoms with E-state index in [2.05, 4.69) is 52.5 Å². The highest BCUT2D eigenvalue weighted by molar-refractivity contribution is 5.18. The average Bonchev–Trinajstić information content (AvgIpc) is 2.45. The molecule has 0 saturated heterocycles. The van der Waals surface area contributed by atoms with Gasteiger partial charge in [0.05, 0.1) is 6.54 Å². The second-order valence-electron chi connectivity index (χ2n) is 4.44. The first-order valence-electron chi connectivity index (χ1n) is 6.38. The Kier molecular flexibility index (Phi) is 4.85. The van der Waals surface area contributed by atoms with Crippen molar-refractivity contribution < 1.29 is 0 Å². The second kappa shape index (κ2) is 6.87. The number of benzene rings is 1. The minimum Gasteiger partial charge on any atom is -0.310 e. The average molecular weight is 241 g/mol. The monoisotopic (exact) mass is 241 g/mol. The van der Waals surface area contributed by atoms with Crippen molar-refractivity contribution in [1.82, 2.24) is 15.3 Å². The lowest BCUT2D eigenvalue weighted by atomic mass is 9.98. The number of hydrogen-bond donors (Lipinski definition) is 1. The molecule has 0 aliphatic heterocycles. The molecule has 0 radical (unpaired) electrons. The zero-order valence-corrected chi connectivity index (χ0v) is 10.7. The SMILES string of the molecule is CC(CCNCc1ncccn1)c1ccccc1. The molecule has 1 atom stereocenters. The Hall–Kier alpha value is -1.74. The first-order valence-corrected chi connectivity index (χ1v) is 6.38. The van der Waals surface area contributed by atoms with Crippen LogP contribution in [0.15, 0.2) is 48.8 Å². The van der Waals surface area contributed by atoms with Crippen LogP contribution < -0.4 is 5.32 Å². The van der Waals surface area contributed by atoms with E-state index in [1.807, 2.05) is 6.07 Å². The van der Waals surface area contributed by atoms with E-state index in [-0.39, 0.29) is 0 Å². The van der Waals surface area contributed by atoms with Gasteiger partial charge in [0.2, 0.25) is 0 Å². The molecule has 1 aromatic carbocycles. The summed E-state index contributed by atoms with van der Waals surface area (Å²) in [6.45, 7) is 3.98. The molecule has 0 bridgehead atoms. The molecule has 2 rings (SSSR count). The number of rotatable bonds is 6. The topological polar surface area (TPSA) is 37.8 Å². The summed E-state index contributed by atoms with van der Waals surface area (Å²) in [5, 5.41) is 3.38.